The second-order valence-electron chi connectivity index (χ2n) is 7.20. The molecule has 0 spiro atoms. The van der Waals surface area contributed by atoms with Crippen molar-refractivity contribution in [2.45, 2.75) is 12.5 Å². The van der Waals surface area contributed by atoms with E-state index in [4.69, 9.17) is 14.2 Å². The molecule has 2 aromatic rings. The van der Waals surface area contributed by atoms with Crippen LogP contribution in [-0.4, -0.2) is 63.7 Å². The van der Waals surface area contributed by atoms with Gasteiger partial charge in [0, 0.05) is 37.9 Å². The lowest BCUT2D eigenvalue weighted by atomic mass is 10.1. The molecule has 166 valence electrons. The fourth-order valence-electron chi connectivity index (χ4n) is 3.46. The van der Waals surface area contributed by atoms with Crippen molar-refractivity contribution in [3.63, 3.8) is 0 Å². The topological polar surface area (TPSA) is 89.1 Å². The molecular formula is C23H29N3O5. The van der Waals surface area contributed by atoms with E-state index in [1.165, 1.54) is 19.8 Å². The molecule has 2 N–H and O–H groups in total. The van der Waals surface area contributed by atoms with Gasteiger partial charge in [-0.25, -0.2) is 0 Å². The van der Waals surface area contributed by atoms with Crippen molar-refractivity contribution < 1.29 is 23.8 Å². The van der Waals surface area contributed by atoms with Crippen molar-refractivity contribution in [2.75, 3.05) is 52.3 Å². The minimum Gasteiger partial charge on any atom is -0.493 e. The number of nitrogens with one attached hydrogen (secondary N) is 2. The van der Waals surface area contributed by atoms with Gasteiger partial charge in [0.15, 0.2) is 11.5 Å². The molecule has 1 aliphatic heterocycles. The Kier molecular flexibility index (Phi) is 8.26. The van der Waals surface area contributed by atoms with E-state index in [2.05, 4.69) is 27.7 Å². The summed E-state index contributed by atoms with van der Waals surface area (Å²) in [5.74, 6) is -0.371. The van der Waals surface area contributed by atoms with E-state index >= 15 is 0 Å². The maximum Gasteiger partial charge on any atom is 0.313 e. The maximum atomic E-state index is 12.1. The van der Waals surface area contributed by atoms with Crippen LogP contribution in [0.25, 0.3) is 0 Å². The number of hydrogen-bond donors (Lipinski definition) is 2. The number of carbonyl (C=O) groups excluding carboxylic acids is 2. The summed E-state index contributed by atoms with van der Waals surface area (Å²) in [5, 5.41) is 5.24. The quantitative estimate of drug-likeness (QED) is 0.496. The number of hydrogen-bond acceptors (Lipinski definition) is 6. The Morgan fingerprint density at radius 3 is 2.58 bits per heavy atom. The average Bonchev–Trinajstić information content (AvgIpc) is 2.82. The van der Waals surface area contributed by atoms with E-state index < -0.39 is 11.8 Å². The molecule has 1 fully saturated rings. The number of methoxy groups -OCH3 is 2. The predicted octanol–water partition coefficient (Wildman–Crippen LogP) is 2.22. The molecule has 3 rings (SSSR count). The molecule has 31 heavy (non-hydrogen) atoms. The van der Waals surface area contributed by atoms with E-state index in [0.717, 1.165) is 26.1 Å². The third kappa shape index (κ3) is 6.44. The number of amides is 2. The van der Waals surface area contributed by atoms with Gasteiger partial charge in [-0.15, -0.1) is 0 Å². The highest BCUT2D eigenvalue weighted by molar-refractivity contribution is 6.39. The Balaban J connectivity index is 1.39. The lowest BCUT2D eigenvalue weighted by molar-refractivity contribution is -0.136. The monoisotopic (exact) mass is 427 g/mol. The lowest BCUT2D eigenvalue weighted by Gasteiger charge is -2.33. The van der Waals surface area contributed by atoms with Gasteiger partial charge < -0.3 is 24.8 Å². The van der Waals surface area contributed by atoms with Crippen LogP contribution in [-0.2, 0) is 14.3 Å². The van der Waals surface area contributed by atoms with Crippen molar-refractivity contribution >= 4 is 17.5 Å². The van der Waals surface area contributed by atoms with E-state index in [-0.39, 0.29) is 6.10 Å². The first-order valence-corrected chi connectivity index (χ1v) is 10.3. The lowest BCUT2D eigenvalue weighted by Crippen LogP contribution is -2.41. The summed E-state index contributed by atoms with van der Waals surface area (Å²) < 4.78 is 16.2. The minimum atomic E-state index is -0.720. The van der Waals surface area contributed by atoms with Gasteiger partial charge in [0.2, 0.25) is 0 Å². The number of benzene rings is 2. The first-order valence-electron chi connectivity index (χ1n) is 10.3. The maximum absolute atomic E-state index is 12.1. The third-order valence-corrected chi connectivity index (χ3v) is 5.11. The van der Waals surface area contributed by atoms with Crippen molar-refractivity contribution in [2.24, 2.45) is 0 Å². The normalized spacial score (nSPS) is 16.4. The van der Waals surface area contributed by atoms with Gasteiger partial charge in [-0.1, -0.05) is 30.3 Å². The van der Waals surface area contributed by atoms with Crippen LogP contribution < -0.4 is 20.1 Å². The molecule has 1 saturated heterocycles. The van der Waals surface area contributed by atoms with Crippen LogP contribution in [0.1, 0.15) is 18.1 Å². The van der Waals surface area contributed by atoms with E-state index in [1.807, 2.05) is 18.2 Å². The van der Waals surface area contributed by atoms with Crippen molar-refractivity contribution in [3.8, 4) is 11.5 Å². The van der Waals surface area contributed by atoms with Crippen LogP contribution in [0.15, 0.2) is 48.5 Å². The van der Waals surface area contributed by atoms with Crippen molar-refractivity contribution in [3.05, 3.63) is 54.1 Å². The van der Waals surface area contributed by atoms with Crippen LogP contribution >= 0.6 is 0 Å². The molecule has 1 aliphatic rings. The average molecular weight is 428 g/mol. The minimum absolute atomic E-state index is 0.0665. The molecule has 1 atom stereocenters. The number of nitrogens with zero attached hydrogens (tertiary/aromatic N) is 1. The number of rotatable bonds is 8. The highest BCUT2D eigenvalue weighted by Gasteiger charge is 2.21. The molecule has 0 saturated carbocycles. The molecule has 2 aromatic carbocycles. The fourth-order valence-corrected chi connectivity index (χ4v) is 3.46. The smallest absolute Gasteiger partial charge is 0.313 e. The fraction of sp³-hybridized carbons (Fsp3) is 0.391. The molecule has 2 amide bonds. The number of morpholine rings is 1. The third-order valence-electron chi connectivity index (χ3n) is 5.11. The second-order valence-corrected chi connectivity index (χ2v) is 7.20. The summed E-state index contributed by atoms with van der Waals surface area (Å²) in [6.45, 7) is 3.60. The summed E-state index contributed by atoms with van der Waals surface area (Å²) in [7, 11) is 3.04. The SMILES string of the molecule is COc1ccc(NC(=O)C(=O)NCCCN2CCOC(c3ccccc3)C2)cc1OC. The molecule has 1 heterocycles. The standard InChI is InChI=1S/C23H29N3O5/c1-29-19-10-9-18(15-20(19)30-2)25-23(28)22(27)24-11-6-12-26-13-14-31-21(16-26)17-7-4-3-5-8-17/h3-5,7-10,15,21H,6,11-14,16H2,1-2H3,(H,24,27)(H,25,28). The first-order chi connectivity index (χ1) is 15.1. The Labute approximate surface area is 182 Å². The Morgan fingerprint density at radius 1 is 1.06 bits per heavy atom. The predicted molar refractivity (Wildman–Crippen MR) is 117 cm³/mol. The zero-order chi connectivity index (χ0) is 22.1. The summed E-state index contributed by atoms with van der Waals surface area (Å²) >= 11 is 0. The van der Waals surface area contributed by atoms with Crippen molar-refractivity contribution in [1.29, 1.82) is 0 Å². The molecular weight excluding hydrogens is 398 g/mol. The summed E-state index contributed by atoms with van der Waals surface area (Å²) in [6.07, 6.45) is 0.813. The summed E-state index contributed by atoms with van der Waals surface area (Å²) in [6, 6.07) is 15.1. The highest BCUT2D eigenvalue weighted by atomic mass is 16.5. The van der Waals surface area contributed by atoms with Crippen LogP contribution in [0.3, 0.4) is 0 Å². The Bertz CT molecular complexity index is 875. The molecule has 0 aromatic heterocycles. The van der Waals surface area contributed by atoms with Crippen LogP contribution in [0.2, 0.25) is 0 Å². The number of ether oxygens (including phenoxy) is 3. The number of carbonyl (C=O) groups is 2. The van der Waals surface area contributed by atoms with Gasteiger partial charge in [0.25, 0.3) is 0 Å². The van der Waals surface area contributed by atoms with Crippen LogP contribution in [0, 0.1) is 0 Å². The van der Waals surface area contributed by atoms with Gasteiger partial charge >= 0.3 is 11.8 Å². The van der Waals surface area contributed by atoms with Crippen LogP contribution in [0.5, 0.6) is 11.5 Å². The van der Waals surface area contributed by atoms with Gasteiger partial charge in [-0.2, -0.15) is 0 Å². The van der Waals surface area contributed by atoms with Crippen molar-refractivity contribution in [1.82, 2.24) is 10.2 Å². The molecule has 8 nitrogen and oxygen atoms in total. The van der Waals surface area contributed by atoms with Gasteiger partial charge in [0.1, 0.15) is 0 Å². The Morgan fingerprint density at radius 2 is 1.84 bits per heavy atom. The van der Waals surface area contributed by atoms with E-state index in [0.29, 0.717) is 30.3 Å². The van der Waals surface area contributed by atoms with Gasteiger partial charge in [-0.3, -0.25) is 14.5 Å². The summed E-state index contributed by atoms with van der Waals surface area (Å²) in [5.41, 5.74) is 1.63. The van der Waals surface area contributed by atoms with Gasteiger partial charge in [-0.05, 0) is 24.1 Å². The van der Waals surface area contributed by atoms with E-state index in [1.54, 1.807) is 18.2 Å². The number of anilines is 1. The molecule has 0 radical (unpaired) electrons. The van der Waals surface area contributed by atoms with Crippen LogP contribution in [0.4, 0.5) is 5.69 Å². The second kappa shape index (κ2) is 11.3. The molecule has 1 unspecified atom stereocenters. The zero-order valence-corrected chi connectivity index (χ0v) is 17.9. The Hall–Kier alpha value is -3.10. The molecule has 8 heteroatoms. The highest BCUT2D eigenvalue weighted by Crippen LogP contribution is 2.29. The molecule has 0 bridgehead atoms. The molecule has 0 aliphatic carbocycles. The first kappa shape index (κ1) is 22.6. The summed E-state index contributed by atoms with van der Waals surface area (Å²) in [4.78, 5) is 26.6. The van der Waals surface area contributed by atoms with E-state index in [9.17, 15) is 9.59 Å². The zero-order valence-electron chi connectivity index (χ0n) is 17.9. The van der Waals surface area contributed by atoms with Gasteiger partial charge in [0.05, 0.1) is 26.9 Å². The largest absolute Gasteiger partial charge is 0.493 e.